The number of nitrogens with one attached hydrogen (secondary N) is 2. The minimum absolute atomic E-state index is 0.131. The van der Waals surface area contributed by atoms with Gasteiger partial charge in [-0.1, -0.05) is 25.0 Å². The van der Waals surface area contributed by atoms with Crippen LogP contribution in [0.5, 0.6) is 0 Å². The number of carboxylic acids is 1. The van der Waals surface area contributed by atoms with Gasteiger partial charge in [-0.15, -0.1) is 0 Å². The summed E-state index contributed by atoms with van der Waals surface area (Å²) in [6, 6.07) is 1.60. The van der Waals surface area contributed by atoms with Crippen molar-refractivity contribution < 1.29 is 29.0 Å². The van der Waals surface area contributed by atoms with E-state index in [-0.39, 0.29) is 18.9 Å². The monoisotopic (exact) mass is 594 g/mol. The topological polar surface area (TPSA) is 156 Å². The first-order valence-electron chi connectivity index (χ1n) is 15.1. The van der Waals surface area contributed by atoms with Crippen molar-refractivity contribution in [1.82, 2.24) is 30.5 Å². The second-order valence-corrected chi connectivity index (χ2v) is 13.2. The number of carbonyl (C=O) groups is 4. The second kappa shape index (κ2) is 11.6. The predicted octanol–water partition coefficient (Wildman–Crippen LogP) is 3.56. The van der Waals surface area contributed by atoms with Gasteiger partial charge in [0.15, 0.2) is 0 Å². The number of carboxylic acid groups (broad SMARTS) is 1. The zero-order valence-electron chi connectivity index (χ0n) is 25.6. The predicted molar refractivity (Wildman–Crippen MR) is 158 cm³/mol. The van der Waals surface area contributed by atoms with Crippen LogP contribution in [0.4, 0.5) is 4.79 Å². The Balaban J connectivity index is 1.47. The average Bonchev–Trinajstić information content (AvgIpc) is 3.23. The molecule has 2 fully saturated rings. The largest absolute Gasteiger partial charge is 0.479 e. The number of allylic oxidation sites excluding steroid dienone is 1. The Kier molecular flexibility index (Phi) is 8.24. The second-order valence-electron chi connectivity index (χ2n) is 13.2. The lowest BCUT2D eigenvalue weighted by molar-refractivity contribution is -0.145. The van der Waals surface area contributed by atoms with Gasteiger partial charge in [0, 0.05) is 18.9 Å². The first kappa shape index (κ1) is 30.5. The van der Waals surface area contributed by atoms with Gasteiger partial charge in [-0.25, -0.2) is 9.59 Å². The van der Waals surface area contributed by atoms with Crippen LogP contribution >= 0.6 is 0 Å². The number of nitrogens with zero attached hydrogens (tertiary/aromatic N) is 4. The molecule has 1 aliphatic carbocycles. The number of aryl methyl sites for hydroxylation is 2. The van der Waals surface area contributed by atoms with E-state index in [9.17, 15) is 24.3 Å². The molecule has 3 heterocycles. The molecular formula is C31H42N6O6. The highest BCUT2D eigenvalue weighted by Crippen LogP contribution is 2.45. The van der Waals surface area contributed by atoms with Gasteiger partial charge >= 0.3 is 12.1 Å². The molecule has 232 valence electrons. The molecule has 3 N–H and O–H groups in total. The van der Waals surface area contributed by atoms with Crippen molar-refractivity contribution in [3.05, 3.63) is 35.4 Å². The molecule has 3 amide bonds. The van der Waals surface area contributed by atoms with Crippen molar-refractivity contribution in [3.63, 3.8) is 0 Å². The van der Waals surface area contributed by atoms with Crippen LogP contribution in [0.15, 0.2) is 24.3 Å². The van der Waals surface area contributed by atoms with Gasteiger partial charge in [-0.05, 0) is 83.6 Å². The van der Waals surface area contributed by atoms with E-state index in [4.69, 9.17) is 4.74 Å². The molecular weight excluding hydrogens is 552 g/mol. The van der Waals surface area contributed by atoms with E-state index in [1.807, 2.05) is 38.1 Å². The first-order chi connectivity index (χ1) is 20.3. The third-order valence-electron chi connectivity index (χ3n) is 8.67. The maximum absolute atomic E-state index is 14.2. The van der Waals surface area contributed by atoms with Crippen molar-refractivity contribution in [3.8, 4) is 0 Å². The summed E-state index contributed by atoms with van der Waals surface area (Å²) in [4.78, 5) is 56.1. The van der Waals surface area contributed by atoms with Crippen molar-refractivity contribution in [2.24, 2.45) is 5.92 Å². The molecule has 1 aromatic carbocycles. The van der Waals surface area contributed by atoms with E-state index in [0.29, 0.717) is 30.3 Å². The highest BCUT2D eigenvalue weighted by atomic mass is 16.6. The number of fused-ring (bicyclic) bond motifs is 3. The van der Waals surface area contributed by atoms with Gasteiger partial charge in [0.05, 0.1) is 6.04 Å². The van der Waals surface area contributed by atoms with Crippen LogP contribution < -0.4 is 10.6 Å². The minimum atomic E-state index is -1.40. The van der Waals surface area contributed by atoms with Gasteiger partial charge in [-0.3, -0.25) is 9.59 Å². The number of alkyl carbamates (subject to hydrolysis) is 1. The van der Waals surface area contributed by atoms with Crippen LogP contribution in [0.2, 0.25) is 0 Å². The molecule has 0 bridgehead atoms. The van der Waals surface area contributed by atoms with E-state index < -0.39 is 53.1 Å². The fraction of sp³-hybridized carbons (Fsp3) is 0.613. The molecule has 1 saturated carbocycles. The normalized spacial score (nSPS) is 29.1. The van der Waals surface area contributed by atoms with Gasteiger partial charge in [-0.2, -0.15) is 15.0 Å². The molecule has 1 aromatic heterocycles. The summed E-state index contributed by atoms with van der Waals surface area (Å²) in [6.07, 6.45) is 7.14. The molecule has 1 saturated heterocycles. The third-order valence-corrected chi connectivity index (χ3v) is 8.67. The number of rotatable bonds is 3. The lowest BCUT2D eigenvalue weighted by Crippen LogP contribution is -2.56. The van der Waals surface area contributed by atoms with Gasteiger partial charge in [0.2, 0.25) is 11.8 Å². The molecule has 2 aliphatic heterocycles. The quantitative estimate of drug-likeness (QED) is 0.456. The number of hydrogen-bond acceptors (Lipinski definition) is 7. The maximum Gasteiger partial charge on any atom is 0.408 e. The van der Waals surface area contributed by atoms with Crippen LogP contribution in [0.1, 0.15) is 82.9 Å². The fourth-order valence-electron chi connectivity index (χ4n) is 6.05. The van der Waals surface area contributed by atoms with Gasteiger partial charge in [0.25, 0.3) is 0 Å². The average molecular weight is 595 g/mol. The standard InChI is InChI=1S/C31H42N6O6/c1-18-13-23-24(14-19(18)2)35-37(34-23)21-15-25-26(38)33-31(28(40)41)16-20(31)11-9-7-6-8-10-12-22(27(39)36(25)17-21)32-29(42)43-30(3,4)5/h9,11,13-14,20-22,25H,6-8,10,12,15-17H2,1-5H3,(H,32,42)(H,33,38)(H,40,41)/b11-9-/t20-,21-,22+,25-,31-/m0/s1. The number of ether oxygens (including phenoxy) is 1. The van der Waals surface area contributed by atoms with Crippen LogP contribution in [0, 0.1) is 19.8 Å². The number of carbonyl (C=O) groups excluding carboxylic acids is 3. The molecule has 2 aromatic rings. The molecule has 0 unspecified atom stereocenters. The van der Waals surface area contributed by atoms with Crippen LogP contribution in [-0.4, -0.2) is 78.6 Å². The van der Waals surface area contributed by atoms with E-state index in [1.54, 1.807) is 25.6 Å². The van der Waals surface area contributed by atoms with Crippen molar-refractivity contribution in [2.75, 3.05) is 6.54 Å². The zero-order chi connectivity index (χ0) is 31.1. The zero-order valence-corrected chi connectivity index (χ0v) is 25.6. The van der Waals surface area contributed by atoms with Crippen molar-refractivity contribution in [1.29, 1.82) is 0 Å². The highest BCUT2D eigenvalue weighted by molar-refractivity contribution is 5.96. The van der Waals surface area contributed by atoms with Gasteiger partial charge < -0.3 is 25.4 Å². The lowest BCUT2D eigenvalue weighted by atomic mass is 10.0. The van der Waals surface area contributed by atoms with E-state index in [2.05, 4.69) is 20.8 Å². The van der Waals surface area contributed by atoms with Crippen molar-refractivity contribution in [2.45, 2.75) is 109 Å². The molecule has 12 nitrogen and oxygen atoms in total. The van der Waals surface area contributed by atoms with Crippen LogP contribution in [0.3, 0.4) is 0 Å². The molecule has 5 atom stereocenters. The summed E-state index contributed by atoms with van der Waals surface area (Å²) in [7, 11) is 0. The molecule has 3 aliphatic rings. The van der Waals surface area contributed by atoms with Crippen LogP contribution in [-0.2, 0) is 19.1 Å². The number of hydrogen-bond donors (Lipinski definition) is 3. The maximum atomic E-state index is 14.2. The molecule has 43 heavy (non-hydrogen) atoms. The molecule has 0 spiro atoms. The fourth-order valence-corrected chi connectivity index (χ4v) is 6.05. The number of aromatic nitrogens is 3. The Hall–Kier alpha value is -3.96. The third kappa shape index (κ3) is 6.52. The Morgan fingerprint density at radius 1 is 1.09 bits per heavy atom. The van der Waals surface area contributed by atoms with E-state index >= 15 is 0 Å². The Morgan fingerprint density at radius 2 is 1.77 bits per heavy atom. The lowest BCUT2D eigenvalue weighted by Gasteiger charge is -2.30. The number of amides is 3. The summed E-state index contributed by atoms with van der Waals surface area (Å²) in [5.41, 5.74) is 1.43. The first-order valence-corrected chi connectivity index (χ1v) is 15.1. The van der Waals surface area contributed by atoms with Crippen LogP contribution in [0.25, 0.3) is 11.0 Å². The smallest absolute Gasteiger partial charge is 0.408 e. The van der Waals surface area contributed by atoms with E-state index in [1.165, 1.54) is 4.90 Å². The Morgan fingerprint density at radius 3 is 2.40 bits per heavy atom. The summed E-state index contributed by atoms with van der Waals surface area (Å²) < 4.78 is 5.45. The minimum Gasteiger partial charge on any atom is -0.479 e. The SMILES string of the molecule is Cc1cc2nn([C@H]3C[C@H]4C(=O)N[C@@]5(C(=O)O)C[C@@H]5/C=C\CCCCC[C@@H](NC(=O)OC(C)(C)C)C(=O)N4C3)nc2cc1C. The van der Waals surface area contributed by atoms with Crippen molar-refractivity contribution >= 4 is 34.9 Å². The van der Waals surface area contributed by atoms with Gasteiger partial charge in [0.1, 0.15) is 34.3 Å². The summed E-state index contributed by atoms with van der Waals surface area (Å²) in [5, 5.41) is 24.9. The summed E-state index contributed by atoms with van der Waals surface area (Å²) >= 11 is 0. The molecule has 0 radical (unpaired) electrons. The molecule has 5 rings (SSSR count). The Labute approximate surface area is 251 Å². The molecule has 12 heteroatoms. The number of aliphatic carboxylic acids is 1. The highest BCUT2D eigenvalue weighted by Gasteiger charge is 2.61. The summed E-state index contributed by atoms with van der Waals surface area (Å²) in [6.45, 7) is 9.37. The summed E-state index contributed by atoms with van der Waals surface area (Å²) in [5.74, 6) is -2.36. The number of benzene rings is 1. The van der Waals surface area contributed by atoms with E-state index in [0.717, 1.165) is 30.4 Å². The Bertz CT molecular complexity index is 1420.